The summed E-state index contributed by atoms with van der Waals surface area (Å²) in [5.74, 6) is 0.811. The average Bonchev–Trinajstić information content (AvgIpc) is 2.92. The second-order valence-corrected chi connectivity index (χ2v) is 6.12. The molecule has 3 fully saturated rings. The molecule has 2 heterocycles. The fourth-order valence-electron chi connectivity index (χ4n) is 3.65. The molecule has 3 heteroatoms. The molecule has 2 aliphatic heterocycles. The van der Waals surface area contributed by atoms with Crippen LogP contribution in [0.1, 0.15) is 44.9 Å². The molecule has 3 aliphatic rings. The summed E-state index contributed by atoms with van der Waals surface area (Å²) < 4.78 is 11.7. The van der Waals surface area contributed by atoms with Gasteiger partial charge in [-0.15, -0.1) is 0 Å². The summed E-state index contributed by atoms with van der Waals surface area (Å²) in [7, 11) is 0. The summed E-state index contributed by atoms with van der Waals surface area (Å²) in [6.45, 7) is 2.67. The Bertz CT molecular complexity index is 261. The summed E-state index contributed by atoms with van der Waals surface area (Å²) in [6, 6.07) is 0. The number of hydrogen-bond acceptors (Lipinski definition) is 3. The van der Waals surface area contributed by atoms with E-state index >= 15 is 0 Å². The molecule has 0 bridgehead atoms. The van der Waals surface area contributed by atoms with Gasteiger partial charge in [-0.1, -0.05) is 0 Å². The van der Waals surface area contributed by atoms with Crippen LogP contribution in [-0.2, 0) is 9.47 Å². The monoisotopic (exact) mass is 239 g/mol. The van der Waals surface area contributed by atoms with E-state index in [1.54, 1.807) is 0 Å². The smallest absolute Gasteiger partial charge is 0.0672 e. The van der Waals surface area contributed by atoms with E-state index in [1.165, 1.54) is 38.5 Å². The maximum atomic E-state index is 6.09. The lowest BCUT2D eigenvalue weighted by molar-refractivity contribution is 0.0193. The molecule has 3 rings (SSSR count). The standard InChI is InChI=1S/C14H25NO2/c15-10-14(6-5-12-2-1-8-16-12)7-9-17-13(14)11-3-4-11/h11-13H,1-10,15H2. The molecular formula is C14H25NO2. The molecule has 0 aromatic heterocycles. The number of nitrogens with two attached hydrogens (primary N) is 1. The lowest BCUT2D eigenvalue weighted by atomic mass is 9.74. The summed E-state index contributed by atoms with van der Waals surface area (Å²) in [6.07, 6.45) is 9.70. The van der Waals surface area contributed by atoms with Gasteiger partial charge in [0.1, 0.15) is 0 Å². The second-order valence-electron chi connectivity index (χ2n) is 6.12. The van der Waals surface area contributed by atoms with Crippen LogP contribution in [0.15, 0.2) is 0 Å². The van der Waals surface area contributed by atoms with Crippen molar-refractivity contribution >= 4 is 0 Å². The molecule has 3 unspecified atom stereocenters. The molecule has 0 spiro atoms. The molecule has 3 nitrogen and oxygen atoms in total. The minimum absolute atomic E-state index is 0.271. The Kier molecular flexibility index (Phi) is 3.42. The molecule has 1 aliphatic carbocycles. The molecule has 17 heavy (non-hydrogen) atoms. The predicted molar refractivity (Wildman–Crippen MR) is 66.8 cm³/mol. The topological polar surface area (TPSA) is 44.5 Å². The highest BCUT2D eigenvalue weighted by Gasteiger charge is 2.49. The van der Waals surface area contributed by atoms with Gasteiger partial charge >= 0.3 is 0 Å². The predicted octanol–water partition coefficient (Wildman–Crippen LogP) is 2.09. The fraction of sp³-hybridized carbons (Fsp3) is 1.00. The molecule has 0 aromatic carbocycles. The van der Waals surface area contributed by atoms with Crippen molar-refractivity contribution in [2.45, 2.75) is 57.2 Å². The van der Waals surface area contributed by atoms with Crippen LogP contribution in [0.4, 0.5) is 0 Å². The normalized spacial score (nSPS) is 42.2. The largest absolute Gasteiger partial charge is 0.378 e. The Morgan fingerprint density at radius 3 is 2.65 bits per heavy atom. The number of rotatable bonds is 5. The Balaban J connectivity index is 1.59. The van der Waals surface area contributed by atoms with Crippen LogP contribution < -0.4 is 5.73 Å². The van der Waals surface area contributed by atoms with Crippen molar-refractivity contribution in [3.8, 4) is 0 Å². The van der Waals surface area contributed by atoms with Gasteiger partial charge in [-0.2, -0.15) is 0 Å². The first kappa shape index (κ1) is 11.9. The lowest BCUT2D eigenvalue weighted by Crippen LogP contribution is -2.40. The van der Waals surface area contributed by atoms with Crippen LogP contribution >= 0.6 is 0 Å². The van der Waals surface area contributed by atoms with Crippen molar-refractivity contribution in [1.29, 1.82) is 0 Å². The van der Waals surface area contributed by atoms with Crippen molar-refractivity contribution in [2.24, 2.45) is 17.1 Å². The van der Waals surface area contributed by atoms with Crippen LogP contribution in [0.5, 0.6) is 0 Å². The summed E-state index contributed by atoms with van der Waals surface area (Å²) in [5.41, 5.74) is 6.36. The van der Waals surface area contributed by atoms with Crippen molar-refractivity contribution in [1.82, 2.24) is 0 Å². The number of ether oxygens (including phenoxy) is 2. The van der Waals surface area contributed by atoms with Crippen LogP contribution in [0.2, 0.25) is 0 Å². The van der Waals surface area contributed by atoms with E-state index in [9.17, 15) is 0 Å². The first-order valence-corrected chi connectivity index (χ1v) is 7.27. The molecule has 98 valence electrons. The highest BCUT2D eigenvalue weighted by molar-refractivity contribution is 5.00. The maximum absolute atomic E-state index is 6.09. The quantitative estimate of drug-likeness (QED) is 0.799. The minimum Gasteiger partial charge on any atom is -0.378 e. The van der Waals surface area contributed by atoms with E-state index in [2.05, 4.69) is 0 Å². The fourth-order valence-corrected chi connectivity index (χ4v) is 3.65. The van der Waals surface area contributed by atoms with Crippen molar-refractivity contribution < 1.29 is 9.47 Å². The zero-order valence-electron chi connectivity index (χ0n) is 10.7. The third kappa shape index (κ3) is 2.38. The molecule has 0 amide bonds. The summed E-state index contributed by atoms with van der Waals surface area (Å²) in [4.78, 5) is 0. The highest BCUT2D eigenvalue weighted by atomic mass is 16.5. The van der Waals surface area contributed by atoms with Gasteiger partial charge in [0.25, 0.3) is 0 Å². The zero-order chi connectivity index (χ0) is 11.7. The van der Waals surface area contributed by atoms with Crippen LogP contribution in [0.25, 0.3) is 0 Å². The van der Waals surface area contributed by atoms with E-state index in [0.717, 1.165) is 32.1 Å². The molecular weight excluding hydrogens is 214 g/mol. The van der Waals surface area contributed by atoms with Gasteiger partial charge in [-0.25, -0.2) is 0 Å². The van der Waals surface area contributed by atoms with E-state index in [1.807, 2.05) is 0 Å². The van der Waals surface area contributed by atoms with E-state index in [0.29, 0.717) is 12.2 Å². The van der Waals surface area contributed by atoms with E-state index in [-0.39, 0.29) is 5.41 Å². The van der Waals surface area contributed by atoms with Gasteiger partial charge in [0.2, 0.25) is 0 Å². The zero-order valence-corrected chi connectivity index (χ0v) is 10.7. The van der Waals surface area contributed by atoms with Gasteiger partial charge in [-0.05, 0) is 50.9 Å². The SMILES string of the molecule is NCC1(CCC2CCCO2)CCOC1C1CC1. The van der Waals surface area contributed by atoms with Crippen LogP contribution in [0, 0.1) is 11.3 Å². The Hall–Kier alpha value is -0.120. The highest BCUT2D eigenvalue weighted by Crippen LogP contribution is 2.49. The Labute approximate surface area is 104 Å². The van der Waals surface area contributed by atoms with Crippen molar-refractivity contribution in [3.05, 3.63) is 0 Å². The first-order chi connectivity index (χ1) is 8.34. The van der Waals surface area contributed by atoms with Gasteiger partial charge in [0.15, 0.2) is 0 Å². The van der Waals surface area contributed by atoms with E-state index < -0.39 is 0 Å². The van der Waals surface area contributed by atoms with Gasteiger partial charge in [0.05, 0.1) is 12.2 Å². The lowest BCUT2D eigenvalue weighted by Gasteiger charge is -2.34. The van der Waals surface area contributed by atoms with Crippen molar-refractivity contribution in [3.63, 3.8) is 0 Å². The van der Waals surface area contributed by atoms with Gasteiger partial charge < -0.3 is 15.2 Å². The summed E-state index contributed by atoms with van der Waals surface area (Å²) in [5, 5.41) is 0. The maximum Gasteiger partial charge on any atom is 0.0672 e. The van der Waals surface area contributed by atoms with Gasteiger partial charge in [-0.3, -0.25) is 0 Å². The van der Waals surface area contributed by atoms with Crippen LogP contribution in [-0.4, -0.2) is 32.0 Å². The average molecular weight is 239 g/mol. The Morgan fingerprint density at radius 1 is 1.12 bits per heavy atom. The van der Waals surface area contributed by atoms with Crippen LogP contribution in [0.3, 0.4) is 0 Å². The molecule has 0 aromatic rings. The third-order valence-corrected chi connectivity index (χ3v) is 4.95. The van der Waals surface area contributed by atoms with E-state index in [4.69, 9.17) is 15.2 Å². The molecule has 2 saturated heterocycles. The van der Waals surface area contributed by atoms with Crippen molar-refractivity contribution in [2.75, 3.05) is 19.8 Å². The third-order valence-electron chi connectivity index (χ3n) is 4.95. The number of hydrogen-bond donors (Lipinski definition) is 1. The second kappa shape index (κ2) is 4.87. The minimum atomic E-state index is 0.271. The molecule has 3 atom stereocenters. The molecule has 2 N–H and O–H groups in total. The van der Waals surface area contributed by atoms with Gasteiger partial charge in [0, 0.05) is 25.2 Å². The molecule has 0 radical (unpaired) electrons. The first-order valence-electron chi connectivity index (χ1n) is 7.27. The summed E-state index contributed by atoms with van der Waals surface area (Å²) >= 11 is 0. The molecule has 1 saturated carbocycles. The Morgan fingerprint density at radius 2 is 2.00 bits per heavy atom.